The number of rotatable bonds is 4. The van der Waals surface area contributed by atoms with Gasteiger partial charge in [0.1, 0.15) is 22.6 Å². The Labute approximate surface area is 166 Å². The molecule has 5 N–H and O–H groups in total. The molecule has 8 nitrogen and oxygen atoms in total. The second kappa shape index (κ2) is 7.69. The van der Waals surface area contributed by atoms with E-state index in [4.69, 9.17) is 11.1 Å². The number of nitrogens with two attached hydrogens (primary N) is 1. The maximum atomic E-state index is 7.57. The van der Waals surface area contributed by atoms with Gasteiger partial charge in [0.05, 0.1) is 0 Å². The van der Waals surface area contributed by atoms with Crippen LogP contribution in [-0.2, 0) is 0 Å². The highest BCUT2D eigenvalue weighted by atomic mass is 79.9. The fourth-order valence-electron chi connectivity index (χ4n) is 3.83. The van der Waals surface area contributed by atoms with Crippen molar-refractivity contribution in [2.45, 2.75) is 25.2 Å². The predicted octanol–water partition coefficient (Wildman–Crippen LogP) is 1.38. The summed E-state index contributed by atoms with van der Waals surface area (Å²) in [5, 5.41) is 14.4. The van der Waals surface area contributed by atoms with E-state index in [0.717, 1.165) is 47.6 Å². The number of nitrogens with zero attached hydrogens (tertiary/aromatic N) is 4. The molecule has 3 atom stereocenters. The minimum Gasteiger partial charge on any atom is -0.404 e. The third-order valence-corrected chi connectivity index (χ3v) is 5.64. The smallest absolute Gasteiger partial charge is 0.152 e. The molecule has 0 aliphatic carbocycles. The van der Waals surface area contributed by atoms with Crippen LogP contribution in [0.25, 0.3) is 0 Å². The van der Waals surface area contributed by atoms with Crippen molar-refractivity contribution in [1.82, 2.24) is 20.4 Å². The largest absolute Gasteiger partial charge is 0.404 e. The number of likely N-dealkylation sites (tertiary alicyclic amines) is 1. The number of piperidine rings is 1. The lowest BCUT2D eigenvalue weighted by molar-refractivity contribution is 0.152. The van der Waals surface area contributed by atoms with E-state index in [2.05, 4.69) is 52.4 Å². The quantitative estimate of drug-likeness (QED) is 0.398. The minimum atomic E-state index is 0.0133. The summed E-state index contributed by atoms with van der Waals surface area (Å²) in [5.74, 6) is 1.13. The summed E-state index contributed by atoms with van der Waals surface area (Å²) in [6, 6.07) is 0. The zero-order valence-electron chi connectivity index (χ0n) is 14.8. The zero-order chi connectivity index (χ0) is 18.8. The van der Waals surface area contributed by atoms with Gasteiger partial charge in [-0.2, -0.15) is 0 Å². The van der Waals surface area contributed by atoms with E-state index in [1.165, 1.54) is 6.21 Å². The van der Waals surface area contributed by atoms with Crippen LogP contribution < -0.4 is 16.4 Å². The highest BCUT2D eigenvalue weighted by Crippen LogP contribution is 2.26. The van der Waals surface area contributed by atoms with Crippen LogP contribution in [0.4, 0.5) is 0 Å². The Balaban J connectivity index is 1.46. The Bertz CT molecular complexity index is 793. The summed E-state index contributed by atoms with van der Waals surface area (Å²) >= 11 is 3.43. The second-order valence-corrected chi connectivity index (χ2v) is 7.64. The standard InChI is InChI=1S/C18H23BrN8/c19-15-11-27-14(8-24-17(27)9-23-15)18-22-4-3-16(25-18)26-5-1-2-12(10-26)13(6-20)7-21/h3-4,6-9,11-12,16-17,20,24H,1-2,5,10,21H2,(H,22,25)/b13-7+,20-6?. The van der Waals surface area contributed by atoms with Crippen molar-refractivity contribution in [3.63, 3.8) is 0 Å². The second-order valence-electron chi connectivity index (χ2n) is 6.83. The first kappa shape index (κ1) is 18.0. The molecular formula is C18H23BrN8. The molecular weight excluding hydrogens is 408 g/mol. The van der Waals surface area contributed by atoms with E-state index >= 15 is 0 Å². The van der Waals surface area contributed by atoms with Crippen molar-refractivity contribution in [1.29, 1.82) is 5.41 Å². The molecule has 1 saturated heterocycles. The van der Waals surface area contributed by atoms with Crippen LogP contribution in [0.15, 0.2) is 56.7 Å². The van der Waals surface area contributed by atoms with Crippen LogP contribution in [0.2, 0.25) is 0 Å². The number of hydrogen-bond donors (Lipinski definition) is 4. The van der Waals surface area contributed by atoms with Gasteiger partial charge >= 0.3 is 0 Å². The van der Waals surface area contributed by atoms with E-state index in [-0.39, 0.29) is 12.3 Å². The molecule has 0 amide bonds. The molecule has 0 aromatic rings. The SMILES string of the molecule is N=C/C(=C\N)C1CCCN(C2C=CN=C(C3=CNC4C=NC(Br)=CN34)N2)C1. The minimum absolute atomic E-state index is 0.0133. The van der Waals surface area contributed by atoms with E-state index < -0.39 is 0 Å². The van der Waals surface area contributed by atoms with E-state index in [9.17, 15) is 0 Å². The summed E-state index contributed by atoms with van der Waals surface area (Å²) in [6.07, 6.45) is 14.9. The topological polar surface area (TPSA) is 105 Å². The molecule has 0 spiro atoms. The summed E-state index contributed by atoms with van der Waals surface area (Å²) in [6.45, 7) is 1.87. The molecule has 0 radical (unpaired) electrons. The Morgan fingerprint density at radius 1 is 1.41 bits per heavy atom. The van der Waals surface area contributed by atoms with Gasteiger partial charge in [0.25, 0.3) is 0 Å². The molecule has 4 aliphatic heterocycles. The third-order valence-electron chi connectivity index (χ3n) is 5.23. The Hall–Kier alpha value is -2.39. The Kier molecular flexibility index (Phi) is 5.13. The molecule has 4 heterocycles. The van der Waals surface area contributed by atoms with Gasteiger partial charge in [0, 0.05) is 44.1 Å². The molecule has 0 saturated carbocycles. The molecule has 3 unspecified atom stereocenters. The molecule has 142 valence electrons. The van der Waals surface area contributed by atoms with E-state index in [1.54, 1.807) is 6.20 Å². The van der Waals surface area contributed by atoms with Gasteiger partial charge in [-0.25, -0.2) is 9.98 Å². The summed E-state index contributed by atoms with van der Waals surface area (Å²) in [5.41, 5.74) is 7.58. The lowest BCUT2D eigenvalue weighted by Crippen LogP contribution is -2.53. The van der Waals surface area contributed by atoms with Gasteiger partial charge in [0.15, 0.2) is 5.84 Å². The zero-order valence-corrected chi connectivity index (χ0v) is 16.4. The monoisotopic (exact) mass is 430 g/mol. The molecule has 0 aromatic carbocycles. The van der Waals surface area contributed by atoms with E-state index in [0.29, 0.717) is 5.92 Å². The fraction of sp³-hybridized carbons (Fsp3) is 0.389. The summed E-state index contributed by atoms with van der Waals surface area (Å²) in [7, 11) is 0. The first-order valence-corrected chi connectivity index (χ1v) is 9.82. The molecule has 9 heteroatoms. The normalized spacial score (nSPS) is 30.7. The summed E-state index contributed by atoms with van der Waals surface area (Å²) in [4.78, 5) is 13.3. The Morgan fingerprint density at radius 2 is 2.30 bits per heavy atom. The third kappa shape index (κ3) is 3.57. The maximum absolute atomic E-state index is 7.57. The van der Waals surface area contributed by atoms with Gasteiger partial charge < -0.3 is 26.7 Å². The van der Waals surface area contributed by atoms with Gasteiger partial charge in [-0.1, -0.05) is 0 Å². The van der Waals surface area contributed by atoms with Crippen LogP contribution >= 0.6 is 15.9 Å². The number of fused-ring (bicyclic) bond motifs is 1. The summed E-state index contributed by atoms with van der Waals surface area (Å²) < 4.78 is 0.781. The predicted molar refractivity (Wildman–Crippen MR) is 111 cm³/mol. The molecule has 1 fully saturated rings. The van der Waals surface area contributed by atoms with Crippen molar-refractivity contribution in [3.05, 3.63) is 46.8 Å². The Morgan fingerprint density at radius 3 is 3.11 bits per heavy atom. The number of amidine groups is 1. The van der Waals surface area contributed by atoms with Crippen molar-refractivity contribution >= 4 is 34.2 Å². The van der Waals surface area contributed by atoms with Gasteiger partial charge in [-0.3, -0.25) is 4.90 Å². The van der Waals surface area contributed by atoms with Crippen molar-refractivity contribution in [2.75, 3.05) is 13.1 Å². The highest BCUT2D eigenvalue weighted by Gasteiger charge is 2.32. The van der Waals surface area contributed by atoms with Crippen LogP contribution in [-0.4, -0.2) is 53.5 Å². The van der Waals surface area contributed by atoms with E-state index in [1.807, 2.05) is 24.8 Å². The molecule has 0 aromatic heterocycles. The average Bonchev–Trinajstić information content (AvgIpc) is 3.12. The van der Waals surface area contributed by atoms with Crippen LogP contribution in [0.5, 0.6) is 0 Å². The number of halogens is 1. The lowest BCUT2D eigenvalue weighted by atomic mass is 9.91. The lowest BCUT2D eigenvalue weighted by Gasteiger charge is -2.39. The molecule has 4 aliphatic rings. The number of aliphatic imine (C=N–C) groups is 2. The first-order chi connectivity index (χ1) is 13.2. The van der Waals surface area contributed by atoms with Gasteiger partial charge in [0.2, 0.25) is 0 Å². The fourth-order valence-corrected chi connectivity index (χ4v) is 4.16. The van der Waals surface area contributed by atoms with Crippen molar-refractivity contribution in [3.8, 4) is 0 Å². The number of hydrogen-bond acceptors (Lipinski definition) is 8. The first-order valence-electron chi connectivity index (χ1n) is 9.03. The molecule has 4 rings (SSSR count). The highest BCUT2D eigenvalue weighted by molar-refractivity contribution is 9.11. The van der Waals surface area contributed by atoms with Crippen molar-refractivity contribution in [2.24, 2.45) is 21.6 Å². The average molecular weight is 431 g/mol. The number of nitrogens with one attached hydrogen (secondary N) is 3. The van der Waals surface area contributed by atoms with Crippen LogP contribution in [0, 0.1) is 11.3 Å². The van der Waals surface area contributed by atoms with Crippen LogP contribution in [0.3, 0.4) is 0 Å². The molecule has 0 bridgehead atoms. The van der Waals surface area contributed by atoms with Crippen molar-refractivity contribution < 1.29 is 0 Å². The van der Waals surface area contributed by atoms with Crippen LogP contribution in [0.1, 0.15) is 12.8 Å². The maximum Gasteiger partial charge on any atom is 0.152 e. The van der Waals surface area contributed by atoms with Gasteiger partial charge in [-0.15, -0.1) is 0 Å². The van der Waals surface area contributed by atoms with Gasteiger partial charge in [-0.05, 0) is 52.5 Å². The molecule has 27 heavy (non-hydrogen) atoms.